The molecule has 0 spiro atoms. The van der Waals surface area contributed by atoms with Gasteiger partial charge in [-0.3, -0.25) is 0 Å². The van der Waals surface area contributed by atoms with Gasteiger partial charge in [0.1, 0.15) is 6.61 Å². The molecule has 33 heavy (non-hydrogen) atoms. The molecule has 170 valence electrons. The third-order valence-corrected chi connectivity index (χ3v) is 5.64. The van der Waals surface area contributed by atoms with Gasteiger partial charge < -0.3 is 9.30 Å². The predicted molar refractivity (Wildman–Crippen MR) is 129 cm³/mol. The summed E-state index contributed by atoms with van der Waals surface area (Å²) < 4.78 is 10.5. The Bertz CT molecular complexity index is 1420. The minimum atomic E-state index is -0.318. The first-order chi connectivity index (χ1) is 15.9. The van der Waals surface area contributed by atoms with Crippen LogP contribution in [0.25, 0.3) is 16.6 Å². The van der Waals surface area contributed by atoms with Crippen molar-refractivity contribution in [1.29, 1.82) is 0 Å². The number of nitrogens with zero attached hydrogens (tertiary/aromatic N) is 7. The third-order valence-electron chi connectivity index (χ3n) is 5.64. The van der Waals surface area contributed by atoms with E-state index in [0.717, 1.165) is 27.8 Å². The van der Waals surface area contributed by atoms with Gasteiger partial charge in [-0.05, 0) is 59.7 Å². The van der Waals surface area contributed by atoms with Crippen molar-refractivity contribution in [1.82, 2.24) is 24.4 Å². The molecule has 2 aromatic carbocycles. The molecule has 0 atom stereocenters. The van der Waals surface area contributed by atoms with Crippen LogP contribution in [0.15, 0.2) is 63.7 Å². The molecule has 0 saturated heterocycles. The number of ether oxygens (including phenoxy) is 1. The number of aromatic nitrogens is 5. The highest BCUT2D eigenvalue weighted by molar-refractivity contribution is 6.01. The molecule has 9 heteroatoms. The Kier molecular flexibility index (Phi) is 6.21. The lowest BCUT2D eigenvalue weighted by Crippen LogP contribution is -2.23. The topological polar surface area (TPSA) is 91.6 Å². The molecule has 0 radical (unpaired) electrons. The zero-order valence-electron chi connectivity index (χ0n) is 19.5. The maximum atomic E-state index is 12.3. The van der Waals surface area contributed by atoms with E-state index in [-0.39, 0.29) is 12.3 Å². The van der Waals surface area contributed by atoms with Crippen LogP contribution < -0.4 is 5.69 Å². The van der Waals surface area contributed by atoms with Crippen LogP contribution >= 0.6 is 0 Å². The van der Waals surface area contributed by atoms with Crippen molar-refractivity contribution in [2.45, 2.75) is 33.8 Å². The van der Waals surface area contributed by atoms with E-state index >= 15 is 0 Å². The summed E-state index contributed by atoms with van der Waals surface area (Å²) in [6.45, 7) is 6.10. The SMILES string of the molecule is CC/C(=N/N=C(/C)c1ccc2c(ccn2C)c1)OCc1c(C)cccc1-n1nnn(C)c1=O. The maximum Gasteiger partial charge on any atom is 0.368 e. The summed E-state index contributed by atoms with van der Waals surface area (Å²) in [6.07, 6.45) is 2.62. The smallest absolute Gasteiger partial charge is 0.368 e. The van der Waals surface area contributed by atoms with Crippen molar-refractivity contribution in [3.8, 4) is 5.69 Å². The largest absolute Gasteiger partial charge is 0.475 e. The fourth-order valence-corrected chi connectivity index (χ4v) is 3.59. The van der Waals surface area contributed by atoms with Crippen LogP contribution in [0.4, 0.5) is 0 Å². The number of rotatable bonds is 6. The summed E-state index contributed by atoms with van der Waals surface area (Å²) >= 11 is 0. The Morgan fingerprint density at radius 2 is 1.91 bits per heavy atom. The fraction of sp³-hybridized carbons (Fsp3) is 0.292. The van der Waals surface area contributed by atoms with Crippen molar-refractivity contribution < 1.29 is 4.74 Å². The molecule has 9 nitrogen and oxygen atoms in total. The Balaban J connectivity index is 1.56. The monoisotopic (exact) mass is 445 g/mol. The molecule has 4 aromatic rings. The quantitative estimate of drug-likeness (QED) is 0.258. The highest BCUT2D eigenvalue weighted by Gasteiger charge is 2.14. The van der Waals surface area contributed by atoms with Crippen molar-refractivity contribution in [2.75, 3.05) is 0 Å². The van der Waals surface area contributed by atoms with Gasteiger partial charge in [0.05, 0.1) is 11.4 Å². The van der Waals surface area contributed by atoms with Crippen LogP contribution in [0.3, 0.4) is 0 Å². The van der Waals surface area contributed by atoms with Crippen molar-refractivity contribution in [2.24, 2.45) is 24.3 Å². The molecule has 0 aliphatic carbocycles. The zero-order chi connectivity index (χ0) is 23.5. The van der Waals surface area contributed by atoms with Crippen LogP contribution in [0, 0.1) is 6.92 Å². The summed E-state index contributed by atoms with van der Waals surface area (Å²) in [5.74, 6) is 0.510. The van der Waals surface area contributed by atoms with Crippen LogP contribution in [0.5, 0.6) is 0 Å². The van der Waals surface area contributed by atoms with E-state index in [1.54, 1.807) is 7.05 Å². The van der Waals surface area contributed by atoms with Gasteiger partial charge in [-0.1, -0.05) is 25.1 Å². The van der Waals surface area contributed by atoms with Crippen LogP contribution in [0.2, 0.25) is 0 Å². The van der Waals surface area contributed by atoms with Crippen molar-refractivity contribution in [3.05, 3.63) is 75.8 Å². The summed E-state index contributed by atoms with van der Waals surface area (Å²) in [4.78, 5) is 12.3. The summed E-state index contributed by atoms with van der Waals surface area (Å²) in [5, 5.41) is 17.7. The average molecular weight is 446 g/mol. The van der Waals surface area contributed by atoms with Gasteiger partial charge >= 0.3 is 5.69 Å². The summed E-state index contributed by atoms with van der Waals surface area (Å²) in [5.41, 5.74) is 5.13. The number of tetrazole rings is 1. The van der Waals surface area contributed by atoms with Gasteiger partial charge in [-0.15, -0.1) is 5.10 Å². The third kappa shape index (κ3) is 4.48. The maximum absolute atomic E-state index is 12.3. The lowest BCUT2D eigenvalue weighted by atomic mass is 10.1. The highest BCUT2D eigenvalue weighted by Crippen LogP contribution is 2.19. The normalized spacial score (nSPS) is 12.5. The van der Waals surface area contributed by atoms with Gasteiger partial charge in [0.15, 0.2) is 0 Å². The van der Waals surface area contributed by atoms with E-state index in [9.17, 15) is 4.79 Å². The molecule has 2 aromatic heterocycles. The number of fused-ring (bicyclic) bond motifs is 1. The molecule has 0 N–H and O–H groups in total. The second-order valence-electron chi connectivity index (χ2n) is 7.89. The first kappa shape index (κ1) is 22.2. The minimum Gasteiger partial charge on any atom is -0.475 e. The Morgan fingerprint density at radius 1 is 1.09 bits per heavy atom. The molecule has 0 amide bonds. The second kappa shape index (κ2) is 9.23. The van der Waals surface area contributed by atoms with Gasteiger partial charge in [0, 0.05) is 43.2 Å². The van der Waals surface area contributed by atoms with Gasteiger partial charge in [-0.2, -0.15) is 14.5 Å². The van der Waals surface area contributed by atoms with Crippen molar-refractivity contribution >= 4 is 22.5 Å². The molecule has 0 aliphatic rings. The van der Waals surface area contributed by atoms with E-state index in [1.165, 1.54) is 14.9 Å². The molecule has 0 fully saturated rings. The average Bonchev–Trinajstić information content (AvgIpc) is 3.35. The highest BCUT2D eigenvalue weighted by atomic mass is 16.5. The lowest BCUT2D eigenvalue weighted by Gasteiger charge is -2.13. The fourth-order valence-electron chi connectivity index (χ4n) is 3.59. The van der Waals surface area contributed by atoms with Crippen LogP contribution in [-0.2, 0) is 25.4 Å². The molecule has 0 aliphatic heterocycles. The van der Waals surface area contributed by atoms with Gasteiger partial charge in [0.2, 0.25) is 5.90 Å². The molecule has 0 unspecified atom stereocenters. The zero-order valence-corrected chi connectivity index (χ0v) is 19.5. The van der Waals surface area contributed by atoms with E-state index in [4.69, 9.17) is 4.74 Å². The molecular weight excluding hydrogens is 418 g/mol. The molecule has 2 heterocycles. The first-order valence-electron chi connectivity index (χ1n) is 10.8. The van der Waals surface area contributed by atoms with E-state index in [0.29, 0.717) is 18.0 Å². The van der Waals surface area contributed by atoms with Crippen molar-refractivity contribution in [3.63, 3.8) is 0 Å². The number of aryl methyl sites for hydroxylation is 3. The van der Waals surface area contributed by atoms with E-state index < -0.39 is 0 Å². The van der Waals surface area contributed by atoms with E-state index in [2.05, 4.69) is 43.4 Å². The minimum absolute atomic E-state index is 0.238. The number of benzene rings is 2. The summed E-state index contributed by atoms with van der Waals surface area (Å²) in [6, 6.07) is 14.0. The summed E-state index contributed by atoms with van der Waals surface area (Å²) in [7, 11) is 3.59. The number of hydrogen-bond donors (Lipinski definition) is 0. The van der Waals surface area contributed by atoms with Gasteiger partial charge in [-0.25, -0.2) is 4.79 Å². The number of hydrogen-bond acceptors (Lipinski definition) is 6. The lowest BCUT2D eigenvalue weighted by molar-refractivity contribution is 0.282. The molecule has 4 rings (SSSR count). The molecule has 0 bridgehead atoms. The van der Waals surface area contributed by atoms with Gasteiger partial charge in [0.25, 0.3) is 0 Å². The second-order valence-corrected chi connectivity index (χ2v) is 7.89. The standard InChI is InChI=1S/C24H27N7O2/c1-6-23(26-25-17(3)18-10-11-21-19(14-18)12-13-29(21)4)33-15-20-16(2)8-7-9-22(20)31-24(32)30(5)27-28-31/h7-14H,6,15H2,1-5H3/b25-17-,26-23-. The van der Waals surface area contributed by atoms with Crippen LogP contribution in [0.1, 0.15) is 37.0 Å². The van der Waals surface area contributed by atoms with Crippen LogP contribution in [-0.4, -0.2) is 36.0 Å². The molecule has 0 saturated carbocycles. The Morgan fingerprint density at radius 3 is 2.64 bits per heavy atom. The molecular formula is C24H27N7O2. The first-order valence-corrected chi connectivity index (χ1v) is 10.8. The predicted octanol–water partition coefficient (Wildman–Crippen LogP) is 3.52. The Hall–Kier alpha value is -4.01. The Labute approximate surface area is 191 Å². The van der Waals surface area contributed by atoms with E-state index in [1.807, 2.05) is 58.3 Å².